The molecule has 0 saturated carbocycles. The average Bonchev–Trinajstić information content (AvgIpc) is 3.10. The first-order chi connectivity index (χ1) is 13.1. The van der Waals surface area contributed by atoms with Crippen LogP contribution in [0.4, 0.5) is 11.7 Å². The zero-order valence-electron chi connectivity index (χ0n) is 15.1. The number of aromatic nitrogens is 1. The van der Waals surface area contributed by atoms with Crippen molar-refractivity contribution in [1.29, 1.82) is 0 Å². The third kappa shape index (κ3) is 3.69. The first-order valence-corrected chi connectivity index (χ1v) is 9.12. The van der Waals surface area contributed by atoms with E-state index >= 15 is 0 Å². The number of amides is 1. The lowest BCUT2D eigenvalue weighted by molar-refractivity contribution is -0.120. The maximum absolute atomic E-state index is 12.5. The van der Waals surface area contributed by atoms with E-state index in [0.29, 0.717) is 11.1 Å². The second-order valence-electron chi connectivity index (χ2n) is 6.84. The van der Waals surface area contributed by atoms with Gasteiger partial charge in [-0.15, -0.1) is 0 Å². The van der Waals surface area contributed by atoms with Crippen molar-refractivity contribution in [3.8, 4) is 0 Å². The van der Waals surface area contributed by atoms with E-state index in [1.54, 1.807) is 6.92 Å². The molecule has 1 amide bonds. The smallest absolute Gasteiger partial charge is 0.302 e. The summed E-state index contributed by atoms with van der Waals surface area (Å²) in [5.41, 5.74) is 3.19. The number of carbonyl (C=O) groups excluding carboxylic acids is 2. The van der Waals surface area contributed by atoms with Crippen molar-refractivity contribution >= 4 is 34.5 Å². The lowest BCUT2D eigenvalue weighted by atomic mass is 9.95. The summed E-state index contributed by atoms with van der Waals surface area (Å²) >= 11 is 0. The van der Waals surface area contributed by atoms with Crippen LogP contribution in [0.2, 0.25) is 0 Å². The molecule has 1 N–H and O–H groups in total. The van der Waals surface area contributed by atoms with Crippen LogP contribution >= 0.6 is 0 Å². The molecule has 0 unspecified atom stereocenters. The zero-order chi connectivity index (χ0) is 18.8. The molecular formula is C21H21N3O3. The number of nitrogens with one attached hydrogen (secondary N) is 1. The number of nitrogens with zero attached hydrogens (tertiary/aromatic N) is 2. The Hall–Kier alpha value is -3.15. The van der Waals surface area contributed by atoms with E-state index in [4.69, 9.17) is 4.42 Å². The monoisotopic (exact) mass is 363 g/mol. The molecule has 1 fully saturated rings. The number of ketones is 1. The minimum Gasteiger partial charge on any atom is -0.423 e. The summed E-state index contributed by atoms with van der Waals surface area (Å²) in [6.45, 7) is 3.16. The van der Waals surface area contributed by atoms with E-state index in [1.807, 2.05) is 48.5 Å². The van der Waals surface area contributed by atoms with Gasteiger partial charge in [0.2, 0.25) is 5.91 Å². The predicted octanol–water partition coefficient (Wildman–Crippen LogP) is 3.89. The molecule has 138 valence electrons. The van der Waals surface area contributed by atoms with E-state index in [-0.39, 0.29) is 23.6 Å². The van der Waals surface area contributed by atoms with Crippen LogP contribution in [0.5, 0.6) is 0 Å². The van der Waals surface area contributed by atoms with Crippen molar-refractivity contribution < 1.29 is 14.0 Å². The Morgan fingerprint density at radius 2 is 1.78 bits per heavy atom. The summed E-state index contributed by atoms with van der Waals surface area (Å²) in [7, 11) is 0. The molecule has 1 saturated heterocycles. The number of rotatable bonds is 4. The molecule has 6 heteroatoms. The van der Waals surface area contributed by atoms with Crippen LogP contribution < -0.4 is 10.2 Å². The fourth-order valence-electron chi connectivity index (χ4n) is 3.44. The Morgan fingerprint density at radius 1 is 1.07 bits per heavy atom. The third-order valence-electron chi connectivity index (χ3n) is 5.03. The molecule has 0 spiro atoms. The summed E-state index contributed by atoms with van der Waals surface area (Å²) in [4.78, 5) is 30.5. The van der Waals surface area contributed by atoms with Crippen molar-refractivity contribution in [1.82, 2.24) is 4.98 Å². The molecule has 2 heterocycles. The molecule has 4 rings (SSSR count). The molecule has 1 aromatic heterocycles. The van der Waals surface area contributed by atoms with Crippen LogP contribution in [0.1, 0.15) is 30.1 Å². The number of hydrogen-bond acceptors (Lipinski definition) is 5. The van der Waals surface area contributed by atoms with E-state index in [1.165, 1.54) is 0 Å². The number of anilines is 2. The topological polar surface area (TPSA) is 75.4 Å². The molecule has 0 bridgehead atoms. The zero-order valence-corrected chi connectivity index (χ0v) is 15.1. The average molecular weight is 363 g/mol. The molecule has 2 aromatic carbocycles. The summed E-state index contributed by atoms with van der Waals surface area (Å²) in [6.07, 6.45) is 1.53. The number of hydrogen-bond donors (Lipinski definition) is 1. The van der Waals surface area contributed by atoms with Crippen LogP contribution in [-0.2, 0) is 4.79 Å². The Morgan fingerprint density at radius 3 is 2.44 bits per heavy atom. The highest BCUT2D eigenvalue weighted by atomic mass is 16.4. The molecule has 3 aromatic rings. The van der Waals surface area contributed by atoms with E-state index < -0.39 is 0 Å². The normalized spacial score (nSPS) is 15.1. The van der Waals surface area contributed by atoms with Gasteiger partial charge in [0.25, 0.3) is 0 Å². The van der Waals surface area contributed by atoms with Gasteiger partial charge in [0.1, 0.15) is 5.52 Å². The van der Waals surface area contributed by atoms with Crippen LogP contribution in [0.3, 0.4) is 0 Å². The van der Waals surface area contributed by atoms with Gasteiger partial charge in [-0.25, -0.2) is 0 Å². The molecule has 0 radical (unpaired) electrons. The van der Waals surface area contributed by atoms with E-state index in [0.717, 1.165) is 37.1 Å². The lowest BCUT2D eigenvalue weighted by Crippen LogP contribution is -2.38. The largest absolute Gasteiger partial charge is 0.423 e. The molecule has 6 nitrogen and oxygen atoms in total. The van der Waals surface area contributed by atoms with Gasteiger partial charge in [0, 0.05) is 30.3 Å². The summed E-state index contributed by atoms with van der Waals surface area (Å²) in [5, 5.41) is 2.80. The molecule has 0 atom stereocenters. The van der Waals surface area contributed by atoms with Gasteiger partial charge in [-0.1, -0.05) is 12.1 Å². The Labute approximate surface area is 157 Å². The molecule has 0 aliphatic carbocycles. The number of piperidine rings is 1. The number of Topliss-reactive ketones (excluding diaryl/α,β-unsaturated/α-hetero) is 1. The molecule has 27 heavy (non-hydrogen) atoms. The second-order valence-corrected chi connectivity index (χ2v) is 6.84. The molecule has 1 aliphatic rings. The van der Waals surface area contributed by atoms with Crippen LogP contribution in [-0.4, -0.2) is 29.8 Å². The highest BCUT2D eigenvalue weighted by molar-refractivity contribution is 5.94. The minimum atomic E-state index is -0.0623. The number of carbonyl (C=O) groups is 2. The maximum Gasteiger partial charge on any atom is 0.302 e. The van der Waals surface area contributed by atoms with Gasteiger partial charge in [0.05, 0.1) is 0 Å². The third-order valence-corrected chi connectivity index (χ3v) is 5.03. The lowest BCUT2D eigenvalue weighted by Gasteiger charge is -2.32. The Balaban J connectivity index is 1.35. The number of para-hydroxylation sites is 2. The van der Waals surface area contributed by atoms with Crippen molar-refractivity contribution in [3.63, 3.8) is 0 Å². The van der Waals surface area contributed by atoms with E-state index in [2.05, 4.69) is 15.2 Å². The maximum atomic E-state index is 12.5. The number of fused-ring (bicyclic) bond motifs is 1. The van der Waals surface area contributed by atoms with Gasteiger partial charge in [-0.05, 0) is 56.2 Å². The van der Waals surface area contributed by atoms with Crippen LogP contribution in [0.25, 0.3) is 11.1 Å². The van der Waals surface area contributed by atoms with Gasteiger partial charge in [-0.3, -0.25) is 14.9 Å². The van der Waals surface area contributed by atoms with Gasteiger partial charge < -0.3 is 9.32 Å². The molecule has 1 aliphatic heterocycles. The van der Waals surface area contributed by atoms with Crippen molar-refractivity contribution in [3.05, 3.63) is 54.1 Å². The highest BCUT2D eigenvalue weighted by Crippen LogP contribution is 2.25. The summed E-state index contributed by atoms with van der Waals surface area (Å²) < 4.78 is 5.57. The quantitative estimate of drug-likeness (QED) is 0.712. The summed E-state index contributed by atoms with van der Waals surface area (Å²) in [5.74, 6) is -0.0444. The fraction of sp³-hybridized carbons (Fsp3) is 0.286. The Bertz CT molecular complexity index is 937. The second kappa shape index (κ2) is 7.23. The summed E-state index contributed by atoms with van der Waals surface area (Å²) in [6, 6.07) is 15.3. The Kier molecular flexibility index (Phi) is 4.62. The van der Waals surface area contributed by atoms with Crippen molar-refractivity contribution in [2.24, 2.45) is 5.92 Å². The standard InChI is InChI=1S/C21H21N3O3/c1-14(25)15-6-8-17(9-7-15)24-12-10-16(11-13-24)20(26)23-21-22-18-4-2-3-5-19(18)27-21/h2-9,16H,10-13H2,1H3,(H,22,23,26). The molecular weight excluding hydrogens is 342 g/mol. The van der Waals surface area contributed by atoms with Crippen molar-refractivity contribution in [2.45, 2.75) is 19.8 Å². The van der Waals surface area contributed by atoms with Gasteiger partial charge >= 0.3 is 6.01 Å². The fourth-order valence-corrected chi connectivity index (χ4v) is 3.44. The first-order valence-electron chi connectivity index (χ1n) is 9.12. The van der Waals surface area contributed by atoms with Crippen LogP contribution in [0, 0.1) is 5.92 Å². The number of benzene rings is 2. The minimum absolute atomic E-state index is 0.0480. The van der Waals surface area contributed by atoms with Crippen molar-refractivity contribution in [2.75, 3.05) is 23.3 Å². The first kappa shape index (κ1) is 17.3. The van der Waals surface area contributed by atoms with Gasteiger partial charge in [0.15, 0.2) is 11.4 Å². The number of oxazole rings is 1. The van der Waals surface area contributed by atoms with Gasteiger partial charge in [-0.2, -0.15) is 4.98 Å². The highest BCUT2D eigenvalue weighted by Gasteiger charge is 2.26. The van der Waals surface area contributed by atoms with Crippen LogP contribution in [0.15, 0.2) is 52.9 Å². The SMILES string of the molecule is CC(=O)c1ccc(N2CCC(C(=O)Nc3nc4ccccc4o3)CC2)cc1. The van der Waals surface area contributed by atoms with E-state index in [9.17, 15) is 9.59 Å². The predicted molar refractivity (Wildman–Crippen MR) is 104 cm³/mol.